The number of nitrogens with zero attached hydrogens (tertiary/aromatic N) is 1. The van der Waals surface area contributed by atoms with E-state index in [4.69, 9.17) is 4.74 Å². The van der Waals surface area contributed by atoms with Gasteiger partial charge >= 0.3 is 0 Å². The average Bonchev–Trinajstić information content (AvgIpc) is 3.03. The largest absolute Gasteiger partial charge is 0.494 e. The van der Waals surface area contributed by atoms with Gasteiger partial charge in [-0.15, -0.1) is 0 Å². The van der Waals surface area contributed by atoms with Crippen molar-refractivity contribution in [1.29, 1.82) is 0 Å². The maximum Gasteiger partial charge on any atom is 0.229 e. The number of nitrogens with one attached hydrogen (secondary N) is 1. The van der Waals surface area contributed by atoms with Gasteiger partial charge in [0.2, 0.25) is 11.8 Å². The van der Waals surface area contributed by atoms with Crippen LogP contribution in [0.5, 0.6) is 5.75 Å². The molecule has 2 aromatic rings. The van der Waals surface area contributed by atoms with Crippen LogP contribution in [0, 0.1) is 12.8 Å². The number of ether oxygens (including phenoxy) is 1. The van der Waals surface area contributed by atoms with Gasteiger partial charge in [0.15, 0.2) is 0 Å². The SMILES string of the molecule is CCCOc1ccc(NC(=O)[C@H]2CC(=O)N(c3cccc(C)c3)C2)cc1. The Morgan fingerprint density at radius 1 is 1.23 bits per heavy atom. The quantitative estimate of drug-likeness (QED) is 0.861. The number of carbonyl (C=O) groups excluding carboxylic acids is 2. The summed E-state index contributed by atoms with van der Waals surface area (Å²) in [5, 5.41) is 2.90. The number of anilines is 2. The summed E-state index contributed by atoms with van der Waals surface area (Å²) in [6, 6.07) is 15.1. The van der Waals surface area contributed by atoms with E-state index in [-0.39, 0.29) is 24.2 Å². The van der Waals surface area contributed by atoms with Crippen molar-refractivity contribution in [2.24, 2.45) is 5.92 Å². The van der Waals surface area contributed by atoms with Crippen LogP contribution >= 0.6 is 0 Å². The topological polar surface area (TPSA) is 58.6 Å². The van der Waals surface area contributed by atoms with E-state index >= 15 is 0 Å². The van der Waals surface area contributed by atoms with E-state index in [1.54, 1.807) is 4.90 Å². The Kier molecular flexibility index (Phi) is 5.56. The molecule has 0 saturated carbocycles. The molecular weight excluding hydrogens is 328 g/mol. The Bertz CT molecular complexity index is 786. The zero-order valence-electron chi connectivity index (χ0n) is 15.2. The molecule has 136 valence electrons. The number of amides is 2. The van der Waals surface area contributed by atoms with Crippen LogP contribution in [0.3, 0.4) is 0 Å². The van der Waals surface area contributed by atoms with Gasteiger partial charge in [-0.1, -0.05) is 19.1 Å². The van der Waals surface area contributed by atoms with Crippen LogP contribution < -0.4 is 15.0 Å². The van der Waals surface area contributed by atoms with Crippen molar-refractivity contribution in [2.75, 3.05) is 23.4 Å². The highest BCUT2D eigenvalue weighted by Crippen LogP contribution is 2.27. The lowest BCUT2D eigenvalue weighted by Gasteiger charge is -2.17. The first kappa shape index (κ1) is 18.0. The summed E-state index contributed by atoms with van der Waals surface area (Å²) >= 11 is 0. The van der Waals surface area contributed by atoms with E-state index in [0.717, 1.165) is 23.4 Å². The van der Waals surface area contributed by atoms with Crippen molar-refractivity contribution < 1.29 is 14.3 Å². The lowest BCUT2D eigenvalue weighted by atomic mass is 10.1. The van der Waals surface area contributed by atoms with E-state index in [0.29, 0.717) is 18.8 Å². The van der Waals surface area contributed by atoms with E-state index in [9.17, 15) is 9.59 Å². The Labute approximate surface area is 154 Å². The lowest BCUT2D eigenvalue weighted by molar-refractivity contribution is -0.122. The minimum atomic E-state index is -0.348. The summed E-state index contributed by atoms with van der Waals surface area (Å²) in [6.45, 7) is 5.12. The molecule has 0 aliphatic carbocycles. The molecule has 1 heterocycles. The van der Waals surface area contributed by atoms with Gasteiger partial charge in [0.1, 0.15) is 5.75 Å². The molecule has 0 unspecified atom stereocenters. The number of hydrogen-bond donors (Lipinski definition) is 1. The summed E-state index contributed by atoms with van der Waals surface area (Å²) in [7, 11) is 0. The third kappa shape index (κ3) is 4.23. The van der Waals surface area contributed by atoms with Gasteiger partial charge in [-0.05, 0) is 55.3 Å². The monoisotopic (exact) mass is 352 g/mol. The minimum Gasteiger partial charge on any atom is -0.494 e. The zero-order valence-corrected chi connectivity index (χ0v) is 15.2. The molecule has 1 saturated heterocycles. The van der Waals surface area contributed by atoms with Gasteiger partial charge in [-0.3, -0.25) is 9.59 Å². The Balaban J connectivity index is 1.61. The molecule has 0 bridgehead atoms. The molecule has 3 rings (SSSR count). The summed E-state index contributed by atoms with van der Waals surface area (Å²) in [5.41, 5.74) is 2.65. The predicted octanol–water partition coefficient (Wildman–Crippen LogP) is 3.78. The second-order valence-corrected chi connectivity index (χ2v) is 6.61. The fourth-order valence-electron chi connectivity index (χ4n) is 3.03. The normalized spacial score (nSPS) is 16.6. The molecule has 5 heteroatoms. The number of hydrogen-bond acceptors (Lipinski definition) is 3. The van der Waals surface area contributed by atoms with Crippen LogP contribution in [0.4, 0.5) is 11.4 Å². The zero-order chi connectivity index (χ0) is 18.5. The molecule has 0 radical (unpaired) electrons. The van der Waals surface area contributed by atoms with Crippen molar-refractivity contribution in [3.05, 3.63) is 54.1 Å². The van der Waals surface area contributed by atoms with Crippen LogP contribution in [0.1, 0.15) is 25.3 Å². The third-order valence-corrected chi connectivity index (χ3v) is 4.40. The molecular formula is C21H24N2O3. The molecule has 26 heavy (non-hydrogen) atoms. The summed E-state index contributed by atoms with van der Waals surface area (Å²) in [5.74, 6) is 0.292. The Morgan fingerprint density at radius 3 is 2.69 bits per heavy atom. The molecule has 1 aliphatic heterocycles. The van der Waals surface area contributed by atoms with Gasteiger partial charge in [-0.25, -0.2) is 0 Å². The standard InChI is InChI=1S/C21H24N2O3/c1-3-11-26-19-9-7-17(8-10-19)22-21(25)16-13-20(24)23(14-16)18-6-4-5-15(2)12-18/h4-10,12,16H,3,11,13-14H2,1-2H3,(H,22,25)/t16-/m0/s1. The van der Waals surface area contributed by atoms with Crippen molar-refractivity contribution in [3.63, 3.8) is 0 Å². The van der Waals surface area contributed by atoms with Crippen molar-refractivity contribution in [1.82, 2.24) is 0 Å². The lowest BCUT2D eigenvalue weighted by Crippen LogP contribution is -2.28. The summed E-state index contributed by atoms with van der Waals surface area (Å²) in [6.07, 6.45) is 1.18. The highest BCUT2D eigenvalue weighted by Gasteiger charge is 2.35. The molecule has 1 fully saturated rings. The summed E-state index contributed by atoms with van der Waals surface area (Å²) in [4.78, 5) is 26.6. The van der Waals surface area contributed by atoms with E-state index in [1.807, 2.05) is 55.5 Å². The molecule has 2 aromatic carbocycles. The Morgan fingerprint density at radius 2 is 2.00 bits per heavy atom. The predicted molar refractivity (Wildman–Crippen MR) is 102 cm³/mol. The van der Waals surface area contributed by atoms with E-state index in [1.165, 1.54) is 0 Å². The molecule has 0 aromatic heterocycles. The molecule has 1 atom stereocenters. The van der Waals surface area contributed by atoms with Gasteiger partial charge < -0.3 is 15.0 Å². The van der Waals surface area contributed by atoms with Gasteiger partial charge in [0.25, 0.3) is 0 Å². The van der Waals surface area contributed by atoms with Crippen LogP contribution in [0.15, 0.2) is 48.5 Å². The fraction of sp³-hybridized carbons (Fsp3) is 0.333. The highest BCUT2D eigenvalue weighted by molar-refractivity contribution is 6.03. The van der Waals surface area contributed by atoms with Crippen LogP contribution in [0.2, 0.25) is 0 Å². The van der Waals surface area contributed by atoms with Crippen molar-refractivity contribution >= 4 is 23.2 Å². The number of benzene rings is 2. The maximum atomic E-state index is 12.5. The number of carbonyl (C=O) groups is 2. The molecule has 1 N–H and O–H groups in total. The first-order valence-corrected chi connectivity index (χ1v) is 8.97. The smallest absolute Gasteiger partial charge is 0.229 e. The Hall–Kier alpha value is -2.82. The van der Waals surface area contributed by atoms with Gasteiger partial charge in [0, 0.05) is 24.3 Å². The second-order valence-electron chi connectivity index (χ2n) is 6.61. The van der Waals surface area contributed by atoms with Crippen LogP contribution in [0.25, 0.3) is 0 Å². The number of aryl methyl sites for hydroxylation is 1. The maximum absolute atomic E-state index is 12.5. The summed E-state index contributed by atoms with van der Waals surface area (Å²) < 4.78 is 5.54. The first-order valence-electron chi connectivity index (χ1n) is 8.97. The van der Waals surface area contributed by atoms with E-state index < -0.39 is 0 Å². The van der Waals surface area contributed by atoms with Gasteiger partial charge in [0.05, 0.1) is 12.5 Å². The van der Waals surface area contributed by atoms with Gasteiger partial charge in [-0.2, -0.15) is 0 Å². The average molecular weight is 352 g/mol. The molecule has 0 spiro atoms. The number of rotatable bonds is 6. The first-order chi connectivity index (χ1) is 12.6. The molecule has 5 nitrogen and oxygen atoms in total. The fourth-order valence-corrected chi connectivity index (χ4v) is 3.03. The highest BCUT2D eigenvalue weighted by atomic mass is 16.5. The van der Waals surface area contributed by atoms with E-state index in [2.05, 4.69) is 12.2 Å². The molecule has 2 amide bonds. The van der Waals surface area contributed by atoms with Crippen LogP contribution in [-0.4, -0.2) is 25.0 Å². The molecule has 1 aliphatic rings. The van der Waals surface area contributed by atoms with Crippen molar-refractivity contribution in [3.8, 4) is 5.75 Å². The second kappa shape index (κ2) is 8.04. The minimum absolute atomic E-state index is 0.0148. The van der Waals surface area contributed by atoms with Crippen LogP contribution in [-0.2, 0) is 9.59 Å². The third-order valence-electron chi connectivity index (χ3n) is 4.40. The van der Waals surface area contributed by atoms with Crippen molar-refractivity contribution in [2.45, 2.75) is 26.7 Å².